The molecule has 1 aliphatic heterocycles. The van der Waals surface area contributed by atoms with Gasteiger partial charge in [-0.25, -0.2) is 9.67 Å². The lowest BCUT2D eigenvalue weighted by Gasteiger charge is -2.08. The molecule has 3 aromatic rings. The van der Waals surface area contributed by atoms with Crippen molar-refractivity contribution < 1.29 is 9.47 Å². The van der Waals surface area contributed by atoms with Crippen LogP contribution in [-0.2, 0) is 6.54 Å². The Morgan fingerprint density at radius 3 is 2.81 bits per heavy atom. The number of benzene rings is 2. The Balaban J connectivity index is 1.38. The molecule has 0 aliphatic carbocycles. The van der Waals surface area contributed by atoms with Crippen LogP contribution < -0.4 is 20.1 Å². The Kier molecular flexibility index (Phi) is 5.02. The van der Waals surface area contributed by atoms with Gasteiger partial charge in [0.1, 0.15) is 6.33 Å². The number of ether oxygens (including phenoxy) is 2. The lowest BCUT2D eigenvalue weighted by Crippen LogP contribution is -2.20. The van der Waals surface area contributed by atoms with Gasteiger partial charge in [0.25, 0.3) is 0 Å². The van der Waals surface area contributed by atoms with Crippen LogP contribution in [-0.4, -0.2) is 26.7 Å². The highest BCUT2D eigenvalue weighted by atomic mass is 35.5. The molecular weight excluding hydrogens is 409 g/mol. The largest absolute Gasteiger partial charge is 0.454 e. The van der Waals surface area contributed by atoms with Gasteiger partial charge in [-0.05, 0) is 42.0 Å². The van der Waals surface area contributed by atoms with Crippen LogP contribution in [0.25, 0.3) is 0 Å². The van der Waals surface area contributed by atoms with Crippen LogP contribution in [0.3, 0.4) is 0 Å². The van der Waals surface area contributed by atoms with Crippen molar-refractivity contribution in [3.05, 3.63) is 58.3 Å². The fourth-order valence-corrected chi connectivity index (χ4v) is 3.17. The normalized spacial score (nSPS) is 12.1. The van der Waals surface area contributed by atoms with Gasteiger partial charge in [0, 0.05) is 21.8 Å². The monoisotopic (exact) mass is 421 g/mol. The van der Waals surface area contributed by atoms with Crippen LogP contribution in [0.2, 0.25) is 10.0 Å². The average molecular weight is 422 g/mol. The van der Waals surface area contributed by atoms with Crippen LogP contribution in [0.1, 0.15) is 5.56 Å². The minimum Gasteiger partial charge on any atom is -0.454 e. The number of anilines is 2. The lowest BCUT2D eigenvalue weighted by atomic mass is 10.2. The number of nitrogens with one attached hydrogen (secondary N) is 2. The van der Waals surface area contributed by atoms with E-state index < -0.39 is 0 Å². The number of halogens is 2. The van der Waals surface area contributed by atoms with Gasteiger partial charge in [-0.15, -0.1) is 5.10 Å². The van der Waals surface area contributed by atoms with Crippen molar-refractivity contribution in [1.29, 1.82) is 0 Å². The molecule has 0 unspecified atom stereocenters. The maximum absolute atomic E-state index is 6.19. The van der Waals surface area contributed by atoms with Gasteiger partial charge in [0.2, 0.25) is 12.7 Å². The van der Waals surface area contributed by atoms with Gasteiger partial charge in [-0.3, -0.25) is 5.32 Å². The number of fused-ring (bicyclic) bond motifs is 1. The molecule has 0 bridgehead atoms. The van der Waals surface area contributed by atoms with Crippen LogP contribution in [0.5, 0.6) is 11.5 Å². The molecule has 0 radical (unpaired) electrons. The van der Waals surface area contributed by atoms with E-state index in [9.17, 15) is 0 Å². The molecule has 0 saturated heterocycles. The minimum absolute atomic E-state index is 0.223. The van der Waals surface area contributed by atoms with Crippen LogP contribution in [0.15, 0.2) is 42.7 Å². The number of hydrogen-bond donors (Lipinski definition) is 2. The second-order valence-electron chi connectivity index (χ2n) is 5.65. The first-order valence-electron chi connectivity index (χ1n) is 7.88. The first-order chi connectivity index (χ1) is 13.1. The second-order valence-corrected chi connectivity index (χ2v) is 6.90. The summed E-state index contributed by atoms with van der Waals surface area (Å²) in [6.07, 6.45) is 1.59. The zero-order chi connectivity index (χ0) is 18.8. The Labute approximate surface area is 170 Å². The molecule has 27 heavy (non-hydrogen) atoms. The summed E-state index contributed by atoms with van der Waals surface area (Å²) in [6.45, 7) is 0.688. The highest BCUT2D eigenvalue weighted by Crippen LogP contribution is 2.34. The van der Waals surface area contributed by atoms with E-state index in [2.05, 4.69) is 20.7 Å². The fraction of sp³-hybridized carbons (Fsp3) is 0.118. The molecule has 0 saturated carbocycles. The molecule has 0 amide bonds. The molecule has 0 atom stereocenters. The predicted octanol–water partition coefficient (Wildman–Crippen LogP) is 4.17. The third kappa shape index (κ3) is 4.24. The quantitative estimate of drug-likeness (QED) is 0.612. The third-order valence-corrected chi connectivity index (χ3v) is 4.53. The summed E-state index contributed by atoms with van der Waals surface area (Å²) >= 11 is 17.4. The molecule has 0 spiro atoms. The predicted molar refractivity (Wildman–Crippen MR) is 108 cm³/mol. The van der Waals surface area contributed by atoms with E-state index in [0.717, 1.165) is 11.3 Å². The molecule has 0 fully saturated rings. The van der Waals surface area contributed by atoms with Gasteiger partial charge in [0.15, 0.2) is 16.6 Å². The average Bonchev–Trinajstić information content (AvgIpc) is 3.26. The summed E-state index contributed by atoms with van der Waals surface area (Å²) in [6, 6.07) is 10.8. The zero-order valence-corrected chi connectivity index (χ0v) is 16.1. The Hall–Kier alpha value is -2.55. The van der Waals surface area contributed by atoms with E-state index in [1.807, 2.05) is 24.3 Å². The summed E-state index contributed by atoms with van der Waals surface area (Å²) < 4.78 is 12.3. The topological polar surface area (TPSA) is 73.2 Å². The first kappa shape index (κ1) is 17.8. The van der Waals surface area contributed by atoms with E-state index in [4.69, 9.17) is 44.9 Å². The second kappa shape index (κ2) is 7.59. The maximum Gasteiger partial charge on any atom is 0.248 e. The van der Waals surface area contributed by atoms with E-state index in [-0.39, 0.29) is 6.79 Å². The van der Waals surface area contributed by atoms with Gasteiger partial charge < -0.3 is 14.8 Å². The minimum atomic E-state index is 0.223. The van der Waals surface area contributed by atoms with Crippen LogP contribution in [0, 0.1) is 0 Å². The van der Waals surface area contributed by atoms with Gasteiger partial charge in [-0.1, -0.05) is 29.3 Å². The molecule has 1 aromatic heterocycles. The standard InChI is InChI=1S/C17H13Cl2N5O2S/c18-11-2-1-10(13(19)5-11)7-24-8-20-16(23-24)22-17(27)21-12-3-4-14-15(6-12)26-9-25-14/h1-6,8H,7,9H2,(H2,21,22,23,27). The summed E-state index contributed by atoms with van der Waals surface area (Å²) in [4.78, 5) is 4.20. The molecule has 7 nitrogen and oxygen atoms in total. The van der Waals surface area contributed by atoms with Crippen molar-refractivity contribution in [1.82, 2.24) is 14.8 Å². The van der Waals surface area contributed by atoms with Crippen molar-refractivity contribution in [3.8, 4) is 11.5 Å². The molecule has 1 aliphatic rings. The van der Waals surface area contributed by atoms with Crippen molar-refractivity contribution in [2.75, 3.05) is 17.4 Å². The third-order valence-electron chi connectivity index (χ3n) is 3.74. The summed E-state index contributed by atoms with van der Waals surface area (Å²) in [7, 11) is 0. The van der Waals surface area contributed by atoms with E-state index in [1.54, 1.807) is 23.1 Å². The van der Waals surface area contributed by atoms with Gasteiger partial charge in [-0.2, -0.15) is 0 Å². The first-order valence-corrected chi connectivity index (χ1v) is 9.04. The molecule has 10 heteroatoms. The van der Waals surface area contributed by atoms with E-state index >= 15 is 0 Å². The fourth-order valence-electron chi connectivity index (χ4n) is 2.49. The van der Waals surface area contributed by atoms with Gasteiger partial charge in [0.05, 0.1) is 6.54 Å². The maximum atomic E-state index is 6.19. The lowest BCUT2D eigenvalue weighted by molar-refractivity contribution is 0.174. The number of rotatable bonds is 4. The summed E-state index contributed by atoms with van der Waals surface area (Å²) in [5, 5.41) is 11.9. The van der Waals surface area contributed by atoms with E-state index in [0.29, 0.717) is 39.1 Å². The van der Waals surface area contributed by atoms with E-state index in [1.165, 1.54) is 0 Å². The van der Waals surface area contributed by atoms with Crippen molar-refractivity contribution in [2.45, 2.75) is 6.54 Å². The Morgan fingerprint density at radius 1 is 1.11 bits per heavy atom. The number of aromatic nitrogens is 3. The Morgan fingerprint density at radius 2 is 1.96 bits per heavy atom. The zero-order valence-electron chi connectivity index (χ0n) is 13.8. The van der Waals surface area contributed by atoms with Crippen molar-refractivity contribution >= 4 is 52.2 Å². The number of hydrogen-bond acceptors (Lipinski definition) is 5. The smallest absolute Gasteiger partial charge is 0.248 e. The molecule has 138 valence electrons. The van der Waals surface area contributed by atoms with Crippen LogP contribution >= 0.6 is 35.4 Å². The SMILES string of the molecule is S=C(Nc1ccc2c(c1)OCO2)Nc1ncn(Cc2ccc(Cl)cc2Cl)n1. The van der Waals surface area contributed by atoms with Crippen LogP contribution in [0.4, 0.5) is 11.6 Å². The summed E-state index contributed by atoms with van der Waals surface area (Å²) in [5.41, 5.74) is 1.66. The number of nitrogens with zero attached hydrogens (tertiary/aromatic N) is 3. The molecule has 4 rings (SSSR count). The van der Waals surface area contributed by atoms with Gasteiger partial charge >= 0.3 is 0 Å². The van der Waals surface area contributed by atoms with Crippen molar-refractivity contribution in [2.24, 2.45) is 0 Å². The molecule has 2 aromatic carbocycles. The highest BCUT2D eigenvalue weighted by molar-refractivity contribution is 7.80. The molecular formula is C17H13Cl2N5O2S. The molecule has 2 heterocycles. The Bertz CT molecular complexity index is 1010. The number of thiocarbonyl (C=S) groups is 1. The van der Waals surface area contributed by atoms with Crippen molar-refractivity contribution in [3.63, 3.8) is 0 Å². The summed E-state index contributed by atoms with van der Waals surface area (Å²) in [5.74, 6) is 1.75. The molecule has 2 N–H and O–H groups in total. The highest BCUT2D eigenvalue weighted by Gasteiger charge is 2.14.